The van der Waals surface area contributed by atoms with Gasteiger partial charge in [0.1, 0.15) is 0 Å². The fourth-order valence-electron chi connectivity index (χ4n) is 2.75. The Morgan fingerprint density at radius 2 is 2.00 bits per heavy atom. The van der Waals surface area contributed by atoms with Crippen molar-refractivity contribution in [1.29, 1.82) is 0 Å². The molecule has 0 radical (unpaired) electrons. The Hall–Kier alpha value is -0.610. The van der Waals surface area contributed by atoms with Crippen molar-refractivity contribution in [2.75, 3.05) is 13.2 Å². The van der Waals surface area contributed by atoms with E-state index in [1.807, 2.05) is 0 Å². The first-order valence-electron chi connectivity index (χ1n) is 5.98. The molecule has 0 bridgehead atoms. The summed E-state index contributed by atoms with van der Waals surface area (Å²) in [4.78, 5) is 11.2. The molecule has 0 aromatic rings. The number of rotatable bonds is 2. The van der Waals surface area contributed by atoms with E-state index in [4.69, 9.17) is 9.47 Å². The SMILES string of the molecule is CC(C)(C(=O)O)C1CCCC2(C1)OCCO2. The molecule has 1 N–H and O–H groups in total. The van der Waals surface area contributed by atoms with Crippen LogP contribution in [0.15, 0.2) is 0 Å². The quantitative estimate of drug-likeness (QED) is 0.785. The summed E-state index contributed by atoms with van der Waals surface area (Å²) >= 11 is 0. The lowest BCUT2D eigenvalue weighted by molar-refractivity contribution is -0.198. The van der Waals surface area contributed by atoms with Gasteiger partial charge < -0.3 is 14.6 Å². The summed E-state index contributed by atoms with van der Waals surface area (Å²) in [5.74, 6) is -1.07. The van der Waals surface area contributed by atoms with Gasteiger partial charge in [-0.1, -0.05) is 0 Å². The maximum atomic E-state index is 11.2. The van der Waals surface area contributed by atoms with Gasteiger partial charge in [-0.2, -0.15) is 0 Å². The van der Waals surface area contributed by atoms with E-state index in [2.05, 4.69) is 0 Å². The van der Waals surface area contributed by atoms with Gasteiger partial charge in [-0.3, -0.25) is 4.79 Å². The minimum atomic E-state index is -0.729. The Morgan fingerprint density at radius 3 is 2.56 bits per heavy atom. The third-order valence-electron chi connectivity index (χ3n) is 4.05. The minimum absolute atomic E-state index is 0.136. The number of aliphatic carboxylic acids is 1. The predicted molar refractivity (Wildman–Crippen MR) is 58.0 cm³/mol. The highest BCUT2D eigenvalue weighted by Crippen LogP contribution is 2.45. The zero-order valence-corrected chi connectivity index (χ0v) is 9.99. The Balaban J connectivity index is 2.09. The van der Waals surface area contributed by atoms with Gasteiger partial charge in [-0.05, 0) is 32.6 Å². The van der Waals surface area contributed by atoms with E-state index in [0.29, 0.717) is 19.6 Å². The third-order valence-corrected chi connectivity index (χ3v) is 4.05. The number of carbonyl (C=O) groups is 1. The average molecular weight is 228 g/mol. The van der Waals surface area contributed by atoms with Gasteiger partial charge in [-0.15, -0.1) is 0 Å². The van der Waals surface area contributed by atoms with Gasteiger partial charge in [0.25, 0.3) is 0 Å². The van der Waals surface area contributed by atoms with Crippen LogP contribution in [0.25, 0.3) is 0 Å². The molecule has 1 aliphatic heterocycles. The van der Waals surface area contributed by atoms with Crippen LogP contribution in [0.4, 0.5) is 0 Å². The van der Waals surface area contributed by atoms with E-state index >= 15 is 0 Å². The zero-order chi connectivity index (χ0) is 11.8. The van der Waals surface area contributed by atoms with Crippen LogP contribution in [0.5, 0.6) is 0 Å². The Morgan fingerprint density at radius 1 is 1.38 bits per heavy atom. The molecular formula is C12H20O4. The largest absolute Gasteiger partial charge is 0.481 e. The van der Waals surface area contributed by atoms with Gasteiger partial charge in [0, 0.05) is 12.8 Å². The monoisotopic (exact) mass is 228 g/mol. The second-order valence-corrected chi connectivity index (χ2v) is 5.43. The molecule has 1 heterocycles. The first kappa shape index (κ1) is 11.9. The van der Waals surface area contributed by atoms with E-state index in [1.165, 1.54) is 0 Å². The maximum absolute atomic E-state index is 11.2. The molecular weight excluding hydrogens is 208 g/mol. The van der Waals surface area contributed by atoms with Crippen LogP contribution < -0.4 is 0 Å². The molecule has 0 aromatic carbocycles. The summed E-state index contributed by atoms with van der Waals surface area (Å²) in [7, 11) is 0. The third kappa shape index (κ3) is 1.96. The van der Waals surface area contributed by atoms with Crippen molar-refractivity contribution >= 4 is 5.97 Å². The zero-order valence-electron chi connectivity index (χ0n) is 9.99. The van der Waals surface area contributed by atoms with Crippen LogP contribution in [0, 0.1) is 11.3 Å². The number of carboxylic acids is 1. The highest BCUT2D eigenvalue weighted by Gasteiger charge is 2.47. The van der Waals surface area contributed by atoms with Crippen LogP contribution in [-0.2, 0) is 14.3 Å². The molecule has 1 saturated carbocycles. The van der Waals surface area contributed by atoms with Crippen LogP contribution in [0.3, 0.4) is 0 Å². The normalized spacial score (nSPS) is 29.5. The Labute approximate surface area is 95.9 Å². The van der Waals surface area contributed by atoms with Crippen LogP contribution >= 0.6 is 0 Å². The van der Waals surface area contributed by atoms with Crippen molar-refractivity contribution in [2.24, 2.45) is 11.3 Å². The fraction of sp³-hybridized carbons (Fsp3) is 0.917. The summed E-state index contributed by atoms with van der Waals surface area (Å²) in [6, 6.07) is 0. The molecule has 1 aliphatic carbocycles. The molecule has 1 unspecified atom stereocenters. The van der Waals surface area contributed by atoms with E-state index in [1.54, 1.807) is 13.8 Å². The Bertz CT molecular complexity index is 279. The molecule has 4 heteroatoms. The summed E-state index contributed by atoms with van der Waals surface area (Å²) in [6.07, 6.45) is 3.56. The van der Waals surface area contributed by atoms with Crippen molar-refractivity contribution in [3.63, 3.8) is 0 Å². The molecule has 0 amide bonds. The Kier molecular flexibility index (Phi) is 2.97. The first-order valence-corrected chi connectivity index (χ1v) is 5.98. The van der Waals surface area contributed by atoms with Crippen LogP contribution in [0.2, 0.25) is 0 Å². The fourth-order valence-corrected chi connectivity index (χ4v) is 2.75. The molecule has 2 fully saturated rings. The van der Waals surface area contributed by atoms with E-state index in [9.17, 15) is 9.90 Å². The summed E-state index contributed by atoms with van der Waals surface area (Å²) < 4.78 is 11.3. The average Bonchev–Trinajstić information content (AvgIpc) is 2.66. The van der Waals surface area contributed by atoms with Crippen molar-refractivity contribution < 1.29 is 19.4 Å². The molecule has 16 heavy (non-hydrogen) atoms. The van der Waals surface area contributed by atoms with Crippen LogP contribution in [0.1, 0.15) is 39.5 Å². The molecule has 0 aromatic heterocycles. The van der Waals surface area contributed by atoms with Crippen molar-refractivity contribution in [1.82, 2.24) is 0 Å². The van der Waals surface area contributed by atoms with E-state index in [0.717, 1.165) is 19.3 Å². The van der Waals surface area contributed by atoms with Gasteiger partial charge in [-0.25, -0.2) is 0 Å². The molecule has 2 rings (SSSR count). The van der Waals surface area contributed by atoms with Gasteiger partial charge >= 0.3 is 5.97 Å². The topological polar surface area (TPSA) is 55.8 Å². The molecule has 2 aliphatic rings. The minimum Gasteiger partial charge on any atom is -0.481 e. The molecule has 1 spiro atoms. The lowest BCUT2D eigenvalue weighted by Crippen LogP contribution is -2.43. The summed E-state index contributed by atoms with van der Waals surface area (Å²) in [6.45, 7) is 4.88. The van der Waals surface area contributed by atoms with Gasteiger partial charge in [0.05, 0.1) is 18.6 Å². The molecule has 1 saturated heterocycles. The van der Waals surface area contributed by atoms with Gasteiger partial charge in [0.2, 0.25) is 0 Å². The predicted octanol–water partition coefficient (Wildman–Crippen LogP) is 2.03. The number of hydrogen-bond donors (Lipinski definition) is 1. The van der Waals surface area contributed by atoms with Crippen molar-refractivity contribution in [3.05, 3.63) is 0 Å². The first-order chi connectivity index (χ1) is 7.46. The highest BCUT2D eigenvalue weighted by molar-refractivity contribution is 5.74. The van der Waals surface area contributed by atoms with Crippen LogP contribution in [-0.4, -0.2) is 30.1 Å². The lowest BCUT2D eigenvalue weighted by atomic mass is 9.69. The van der Waals surface area contributed by atoms with E-state index < -0.39 is 17.2 Å². The standard InChI is InChI=1S/C12H20O4/c1-11(2,10(13)14)9-4-3-5-12(8-9)15-6-7-16-12/h9H,3-8H2,1-2H3,(H,13,14). The highest BCUT2D eigenvalue weighted by atomic mass is 16.7. The summed E-state index contributed by atoms with van der Waals surface area (Å²) in [5.41, 5.74) is -0.692. The molecule has 1 atom stereocenters. The van der Waals surface area contributed by atoms with E-state index in [-0.39, 0.29) is 5.92 Å². The number of hydrogen-bond acceptors (Lipinski definition) is 3. The second kappa shape index (κ2) is 4.00. The van der Waals surface area contributed by atoms with Crippen molar-refractivity contribution in [3.8, 4) is 0 Å². The second-order valence-electron chi connectivity index (χ2n) is 5.43. The van der Waals surface area contributed by atoms with Gasteiger partial charge in [0.15, 0.2) is 5.79 Å². The molecule has 4 nitrogen and oxygen atoms in total. The van der Waals surface area contributed by atoms with Crippen molar-refractivity contribution in [2.45, 2.75) is 45.3 Å². The summed E-state index contributed by atoms with van der Waals surface area (Å²) in [5, 5.41) is 9.24. The smallest absolute Gasteiger partial charge is 0.309 e. The number of ether oxygens (including phenoxy) is 2. The lowest BCUT2D eigenvalue weighted by Gasteiger charge is -2.41. The molecule has 92 valence electrons. The maximum Gasteiger partial charge on any atom is 0.309 e. The number of carboxylic acid groups (broad SMARTS) is 1.